The lowest BCUT2D eigenvalue weighted by atomic mass is 10.2. The third-order valence-corrected chi connectivity index (χ3v) is 3.82. The highest BCUT2D eigenvalue weighted by Gasteiger charge is 2.10. The fourth-order valence-corrected chi connectivity index (χ4v) is 2.48. The molecule has 0 saturated carbocycles. The van der Waals surface area contributed by atoms with Gasteiger partial charge in [0.15, 0.2) is 5.76 Å². The van der Waals surface area contributed by atoms with Crippen molar-refractivity contribution >= 4 is 29.1 Å². The Hall–Kier alpha value is -3.87. The summed E-state index contributed by atoms with van der Waals surface area (Å²) >= 11 is 0. The highest BCUT2D eigenvalue weighted by Crippen LogP contribution is 2.16. The molecule has 0 aliphatic heterocycles. The van der Waals surface area contributed by atoms with Crippen molar-refractivity contribution < 1.29 is 18.8 Å². The molecule has 0 radical (unpaired) electrons. The molecule has 3 rings (SSSR count). The number of nitrogens with one attached hydrogen (secondary N) is 3. The van der Waals surface area contributed by atoms with Crippen LogP contribution in [0.4, 0.5) is 11.4 Å². The van der Waals surface area contributed by atoms with Crippen LogP contribution >= 0.6 is 0 Å². The second kappa shape index (κ2) is 9.18. The van der Waals surface area contributed by atoms with Crippen LogP contribution in [0.15, 0.2) is 77.4 Å². The summed E-state index contributed by atoms with van der Waals surface area (Å²) in [6, 6.07) is 18.8. The van der Waals surface area contributed by atoms with Gasteiger partial charge in [0.05, 0.1) is 6.26 Å². The number of anilines is 2. The molecule has 0 aliphatic rings. The Labute approximate surface area is 161 Å². The number of carbonyl (C=O) groups excluding carboxylic acids is 3. The lowest BCUT2D eigenvalue weighted by Crippen LogP contribution is -2.27. The van der Waals surface area contributed by atoms with Crippen LogP contribution < -0.4 is 16.0 Å². The van der Waals surface area contributed by atoms with E-state index in [1.807, 2.05) is 6.07 Å². The summed E-state index contributed by atoms with van der Waals surface area (Å²) in [5, 5.41) is 8.13. The van der Waals surface area contributed by atoms with Gasteiger partial charge in [0.1, 0.15) is 0 Å². The monoisotopic (exact) mass is 377 g/mol. The number of furan rings is 1. The molecule has 2 aromatic carbocycles. The lowest BCUT2D eigenvalue weighted by Gasteiger charge is -2.09. The van der Waals surface area contributed by atoms with Crippen LogP contribution in [-0.4, -0.2) is 24.3 Å². The molecule has 0 unspecified atom stereocenters. The smallest absolute Gasteiger partial charge is 0.291 e. The third-order valence-electron chi connectivity index (χ3n) is 3.82. The zero-order valence-electron chi connectivity index (χ0n) is 15.0. The van der Waals surface area contributed by atoms with Gasteiger partial charge in [0.25, 0.3) is 11.8 Å². The van der Waals surface area contributed by atoms with Gasteiger partial charge in [-0.05, 0) is 42.5 Å². The van der Waals surface area contributed by atoms with Crippen LogP contribution in [0, 0.1) is 0 Å². The van der Waals surface area contributed by atoms with E-state index in [4.69, 9.17) is 4.42 Å². The average Bonchev–Trinajstić information content (AvgIpc) is 3.24. The molecule has 0 atom stereocenters. The van der Waals surface area contributed by atoms with Gasteiger partial charge < -0.3 is 20.4 Å². The molecule has 3 aromatic rings. The van der Waals surface area contributed by atoms with Crippen molar-refractivity contribution in [3.63, 3.8) is 0 Å². The van der Waals surface area contributed by atoms with Crippen LogP contribution in [-0.2, 0) is 4.79 Å². The van der Waals surface area contributed by atoms with Gasteiger partial charge in [0, 0.05) is 29.9 Å². The van der Waals surface area contributed by atoms with Crippen LogP contribution in [0.5, 0.6) is 0 Å². The molecule has 3 amide bonds. The Morgan fingerprint density at radius 3 is 2.25 bits per heavy atom. The van der Waals surface area contributed by atoms with E-state index >= 15 is 0 Å². The van der Waals surface area contributed by atoms with Gasteiger partial charge in [-0.2, -0.15) is 0 Å². The largest absolute Gasteiger partial charge is 0.459 e. The standard InChI is InChI=1S/C21H19N3O4/c25-19(11-12-22-20(26)15-6-2-1-3-7-15)23-16-8-4-9-17(14-16)24-21(27)18-10-5-13-28-18/h1-10,13-14H,11-12H2,(H,22,26)(H,23,25)(H,24,27). The highest BCUT2D eigenvalue weighted by atomic mass is 16.3. The van der Waals surface area contributed by atoms with Gasteiger partial charge in [-0.1, -0.05) is 24.3 Å². The predicted molar refractivity (Wildman–Crippen MR) is 105 cm³/mol. The fourth-order valence-electron chi connectivity index (χ4n) is 2.48. The molecule has 7 heteroatoms. The first kappa shape index (κ1) is 18.9. The Bertz CT molecular complexity index is 953. The number of amides is 3. The van der Waals surface area contributed by atoms with Crippen molar-refractivity contribution in [2.75, 3.05) is 17.2 Å². The van der Waals surface area contributed by atoms with E-state index in [2.05, 4.69) is 16.0 Å². The molecule has 1 heterocycles. The minimum atomic E-state index is -0.378. The maximum Gasteiger partial charge on any atom is 0.291 e. The second-order valence-corrected chi connectivity index (χ2v) is 5.93. The molecule has 28 heavy (non-hydrogen) atoms. The van der Waals surface area contributed by atoms with E-state index < -0.39 is 0 Å². The Morgan fingerprint density at radius 2 is 1.54 bits per heavy atom. The minimum Gasteiger partial charge on any atom is -0.459 e. The molecule has 7 nitrogen and oxygen atoms in total. The number of hydrogen-bond donors (Lipinski definition) is 3. The molecule has 0 aliphatic carbocycles. The molecule has 0 saturated heterocycles. The van der Waals surface area contributed by atoms with E-state index in [0.717, 1.165) is 0 Å². The second-order valence-electron chi connectivity index (χ2n) is 5.93. The van der Waals surface area contributed by atoms with Gasteiger partial charge in [0.2, 0.25) is 5.91 Å². The zero-order valence-corrected chi connectivity index (χ0v) is 15.0. The van der Waals surface area contributed by atoms with Crippen molar-refractivity contribution in [3.05, 3.63) is 84.3 Å². The number of benzene rings is 2. The number of carbonyl (C=O) groups is 3. The van der Waals surface area contributed by atoms with E-state index in [-0.39, 0.29) is 36.4 Å². The zero-order chi connectivity index (χ0) is 19.8. The highest BCUT2D eigenvalue weighted by molar-refractivity contribution is 6.02. The molecule has 3 N–H and O–H groups in total. The molecular formula is C21H19N3O4. The summed E-state index contributed by atoms with van der Waals surface area (Å²) in [6.07, 6.45) is 1.55. The Kier molecular flexibility index (Phi) is 6.20. The van der Waals surface area contributed by atoms with Gasteiger partial charge in [-0.3, -0.25) is 14.4 Å². The molecule has 0 bridgehead atoms. The SMILES string of the molecule is O=C(CCNC(=O)c1ccccc1)Nc1cccc(NC(=O)c2ccco2)c1. The van der Waals surface area contributed by atoms with E-state index in [0.29, 0.717) is 16.9 Å². The first-order valence-electron chi connectivity index (χ1n) is 8.70. The van der Waals surface area contributed by atoms with Gasteiger partial charge in [-0.25, -0.2) is 0 Å². The van der Waals surface area contributed by atoms with E-state index in [1.54, 1.807) is 60.7 Å². The van der Waals surface area contributed by atoms with Crippen LogP contribution in [0.25, 0.3) is 0 Å². The molecule has 1 aromatic heterocycles. The van der Waals surface area contributed by atoms with E-state index in [9.17, 15) is 14.4 Å². The van der Waals surface area contributed by atoms with Crippen molar-refractivity contribution in [3.8, 4) is 0 Å². The quantitative estimate of drug-likeness (QED) is 0.588. The lowest BCUT2D eigenvalue weighted by molar-refractivity contribution is -0.116. The van der Waals surface area contributed by atoms with Crippen molar-refractivity contribution in [1.29, 1.82) is 0 Å². The minimum absolute atomic E-state index is 0.127. The maximum absolute atomic E-state index is 12.1. The summed E-state index contributed by atoms with van der Waals surface area (Å²) in [7, 11) is 0. The average molecular weight is 377 g/mol. The fraction of sp³-hybridized carbons (Fsp3) is 0.0952. The van der Waals surface area contributed by atoms with Crippen LogP contribution in [0.2, 0.25) is 0 Å². The predicted octanol–water partition coefficient (Wildman–Crippen LogP) is 3.29. The molecular weight excluding hydrogens is 358 g/mol. The molecule has 142 valence electrons. The Morgan fingerprint density at radius 1 is 0.786 bits per heavy atom. The topological polar surface area (TPSA) is 100 Å². The third kappa shape index (κ3) is 5.31. The van der Waals surface area contributed by atoms with Gasteiger partial charge >= 0.3 is 0 Å². The number of hydrogen-bond acceptors (Lipinski definition) is 4. The normalized spacial score (nSPS) is 10.1. The first-order valence-corrected chi connectivity index (χ1v) is 8.70. The summed E-state index contributed by atoms with van der Waals surface area (Å²) < 4.78 is 5.04. The molecule has 0 fully saturated rings. The summed E-state index contributed by atoms with van der Waals surface area (Å²) in [6.45, 7) is 0.217. The molecule has 0 spiro atoms. The summed E-state index contributed by atoms with van der Waals surface area (Å²) in [5.74, 6) is -0.653. The summed E-state index contributed by atoms with van der Waals surface area (Å²) in [5.41, 5.74) is 1.61. The van der Waals surface area contributed by atoms with E-state index in [1.165, 1.54) is 6.26 Å². The van der Waals surface area contributed by atoms with Crippen LogP contribution in [0.1, 0.15) is 27.3 Å². The van der Waals surface area contributed by atoms with Crippen molar-refractivity contribution in [2.24, 2.45) is 0 Å². The maximum atomic E-state index is 12.1. The Balaban J connectivity index is 1.47. The summed E-state index contributed by atoms with van der Waals surface area (Å²) in [4.78, 5) is 36.0. The first-order chi connectivity index (χ1) is 13.6. The number of rotatable bonds is 7. The van der Waals surface area contributed by atoms with Crippen LogP contribution in [0.3, 0.4) is 0 Å². The van der Waals surface area contributed by atoms with Crippen molar-refractivity contribution in [2.45, 2.75) is 6.42 Å². The van der Waals surface area contributed by atoms with Crippen molar-refractivity contribution in [1.82, 2.24) is 5.32 Å². The van der Waals surface area contributed by atoms with Gasteiger partial charge in [-0.15, -0.1) is 0 Å².